The molecule has 6 atom stereocenters. The van der Waals surface area contributed by atoms with Gasteiger partial charge in [0.15, 0.2) is 0 Å². The summed E-state index contributed by atoms with van der Waals surface area (Å²) < 4.78 is 46.5. The molecule has 2 aromatic carbocycles. The maximum atomic E-state index is 14.8. The Hall–Kier alpha value is -5.44. The van der Waals surface area contributed by atoms with Gasteiger partial charge in [-0.3, -0.25) is 19.1 Å². The number of carbonyl (C=O) groups is 4. The molecule has 2 saturated carbocycles. The number of nitrogens with one attached hydrogen (secondary N) is 3. The second-order valence-corrected chi connectivity index (χ2v) is 18.8. The average Bonchev–Trinajstić information content (AvgIpc) is 4.17. The number of carbonyl (C=O) groups excluding carboxylic acids is 4. The number of hydrogen-bond acceptors (Lipinski definition) is 10. The van der Waals surface area contributed by atoms with Crippen molar-refractivity contribution in [1.82, 2.24) is 25.2 Å². The van der Waals surface area contributed by atoms with Crippen molar-refractivity contribution < 1.29 is 41.8 Å². The van der Waals surface area contributed by atoms with Crippen LogP contribution >= 0.6 is 0 Å². The molecule has 5 aliphatic rings. The number of nitrogens with zero attached hydrogens (tertiary/aromatic N) is 2. The van der Waals surface area contributed by atoms with Crippen molar-refractivity contribution >= 4 is 50.8 Å². The third kappa shape index (κ3) is 9.01. The van der Waals surface area contributed by atoms with E-state index in [1.165, 1.54) is 4.90 Å². The molecule has 5 bridgehead atoms. The fraction of sp³-hybridized carbons (Fsp3) is 0.489. The largest absolute Gasteiger partial charge is 0.496 e. The van der Waals surface area contributed by atoms with Gasteiger partial charge in [0.2, 0.25) is 21.8 Å². The number of benzene rings is 2. The molecular weight excluding hydrogens is 787 g/mol. The first kappa shape index (κ1) is 41.3. The molecule has 4 amide bonds. The van der Waals surface area contributed by atoms with E-state index in [1.54, 1.807) is 7.11 Å². The Morgan fingerprint density at radius 2 is 1.82 bits per heavy atom. The van der Waals surface area contributed by atoms with Crippen molar-refractivity contribution in [2.24, 2.45) is 11.8 Å². The summed E-state index contributed by atoms with van der Waals surface area (Å²) in [5.41, 5.74) is 1.44. The molecule has 318 valence electrons. The summed E-state index contributed by atoms with van der Waals surface area (Å²) in [4.78, 5) is 63.0. The van der Waals surface area contributed by atoms with E-state index >= 15 is 0 Å². The van der Waals surface area contributed by atoms with Crippen LogP contribution in [-0.4, -0.2) is 91.4 Å². The highest BCUT2D eigenvalue weighted by Crippen LogP contribution is 2.46. The lowest BCUT2D eigenvalue weighted by Gasteiger charge is -2.29. The fourth-order valence-corrected chi connectivity index (χ4v) is 9.87. The Kier molecular flexibility index (Phi) is 11.9. The Morgan fingerprint density at radius 3 is 2.60 bits per heavy atom. The summed E-state index contributed by atoms with van der Waals surface area (Å²) in [5, 5.41) is 5.82. The molecule has 0 spiro atoms. The van der Waals surface area contributed by atoms with E-state index in [2.05, 4.69) is 21.4 Å². The Labute approximate surface area is 350 Å². The normalized spacial score (nSPS) is 27.8. The van der Waals surface area contributed by atoms with Crippen LogP contribution in [0.1, 0.15) is 83.1 Å². The van der Waals surface area contributed by atoms with Gasteiger partial charge in [-0.15, -0.1) is 0 Å². The third-order valence-electron chi connectivity index (χ3n) is 12.2. The topological polar surface area (TPSA) is 182 Å². The Balaban J connectivity index is 1.19. The predicted molar refractivity (Wildman–Crippen MR) is 225 cm³/mol. The minimum atomic E-state index is -3.91. The van der Waals surface area contributed by atoms with Crippen LogP contribution in [-0.2, 0) is 29.1 Å². The number of pyridine rings is 1. The second-order valence-electron chi connectivity index (χ2n) is 16.9. The number of amides is 4. The highest BCUT2D eigenvalue weighted by atomic mass is 32.2. The number of cyclic esters (lactones) is 1. The fourth-order valence-electron chi connectivity index (χ4n) is 8.50. The first-order chi connectivity index (χ1) is 28.9. The standard InChI is InChI=1S/C45H53N5O9S/c1-28-13-11-12-16-30-21-34-37(24-39(30)57-2)46-36(29-14-7-6-8-15-29)23-40(34)59-32-22-38-41(51)48-45(43(53)49-60(55,56)33-19-20-33)25-31(45)17-9-4-3-5-10-18-35(42(52)50(38)26-32)47-44(54)58-27-28/h6-9,12,14-17,21,23-24,28,31-33,35,38H,3-5,10-11,13,18-20,22,25-27H2,1-2H3,(H,47,54)(H,48,51)(H,49,53)/t28-,31+,32+,35-,38-,45+/m0/s1. The molecule has 3 fully saturated rings. The maximum absolute atomic E-state index is 14.8. The first-order valence-corrected chi connectivity index (χ1v) is 22.7. The van der Waals surface area contributed by atoms with Crippen molar-refractivity contribution in [1.29, 1.82) is 0 Å². The summed E-state index contributed by atoms with van der Waals surface area (Å²) >= 11 is 0. The predicted octanol–water partition coefficient (Wildman–Crippen LogP) is 5.80. The number of aromatic nitrogens is 1. The molecule has 0 unspecified atom stereocenters. The zero-order valence-electron chi connectivity index (χ0n) is 34.1. The molecule has 4 heterocycles. The minimum Gasteiger partial charge on any atom is -0.496 e. The second kappa shape index (κ2) is 17.3. The smallest absolute Gasteiger partial charge is 0.407 e. The van der Waals surface area contributed by atoms with Crippen molar-refractivity contribution in [3.05, 3.63) is 72.3 Å². The highest BCUT2D eigenvalue weighted by Gasteiger charge is 2.62. The van der Waals surface area contributed by atoms with Gasteiger partial charge in [-0.05, 0) is 63.4 Å². The van der Waals surface area contributed by atoms with E-state index < -0.39 is 68.7 Å². The average molecular weight is 840 g/mol. The molecular formula is C45H53N5O9S. The molecule has 2 aliphatic carbocycles. The first-order valence-electron chi connectivity index (χ1n) is 21.1. The lowest BCUT2D eigenvalue weighted by molar-refractivity contribution is -0.141. The summed E-state index contributed by atoms with van der Waals surface area (Å²) in [5.74, 6) is -1.16. The number of alkyl carbamates (subject to hydrolysis) is 1. The molecule has 1 aromatic heterocycles. The third-order valence-corrected chi connectivity index (χ3v) is 14.1. The SMILES string of the molecule is COc1cc2nc(-c3ccccc3)cc3c2cc1C=CCC[C@H](C)COC(=O)N[C@H]1CCCCCC=C[C@@H]2C[C@@]2(C(=O)NS(=O)(=O)C2CC2)NC(=O)[C@@H]2C[C@H](CN2C1=O)O3. The maximum Gasteiger partial charge on any atom is 0.407 e. The Morgan fingerprint density at radius 1 is 1.00 bits per heavy atom. The number of methoxy groups -OCH3 is 1. The van der Waals surface area contributed by atoms with Crippen molar-refractivity contribution in [3.8, 4) is 22.8 Å². The molecule has 14 nitrogen and oxygen atoms in total. The lowest BCUT2D eigenvalue weighted by Crippen LogP contribution is -2.58. The number of hydrogen-bond donors (Lipinski definition) is 3. The van der Waals surface area contributed by atoms with Crippen LogP contribution in [0.25, 0.3) is 28.2 Å². The van der Waals surface area contributed by atoms with Gasteiger partial charge in [-0.2, -0.15) is 0 Å². The van der Waals surface area contributed by atoms with Crippen LogP contribution in [0.5, 0.6) is 11.5 Å². The van der Waals surface area contributed by atoms with Gasteiger partial charge in [0, 0.05) is 41.0 Å². The van der Waals surface area contributed by atoms with Crippen LogP contribution in [0, 0.1) is 11.8 Å². The molecule has 8 rings (SSSR count). The van der Waals surface area contributed by atoms with Gasteiger partial charge in [-0.1, -0.05) is 74.4 Å². The lowest BCUT2D eigenvalue weighted by atomic mass is 10.0. The van der Waals surface area contributed by atoms with Gasteiger partial charge < -0.3 is 29.7 Å². The number of sulfonamides is 1. The van der Waals surface area contributed by atoms with E-state index in [-0.39, 0.29) is 31.9 Å². The van der Waals surface area contributed by atoms with E-state index in [1.807, 2.05) is 73.7 Å². The molecule has 0 radical (unpaired) electrons. The monoisotopic (exact) mass is 839 g/mol. The zero-order valence-corrected chi connectivity index (χ0v) is 34.9. The summed E-state index contributed by atoms with van der Waals surface area (Å²) in [7, 11) is -2.30. The quantitative estimate of drug-likeness (QED) is 0.266. The van der Waals surface area contributed by atoms with Gasteiger partial charge >= 0.3 is 6.09 Å². The van der Waals surface area contributed by atoms with E-state index in [9.17, 15) is 27.6 Å². The van der Waals surface area contributed by atoms with Crippen molar-refractivity contribution in [2.45, 2.75) is 107 Å². The molecule has 15 heteroatoms. The van der Waals surface area contributed by atoms with E-state index in [0.29, 0.717) is 60.2 Å². The van der Waals surface area contributed by atoms with Crippen LogP contribution in [0.15, 0.2) is 66.8 Å². The van der Waals surface area contributed by atoms with Crippen LogP contribution in [0.2, 0.25) is 0 Å². The van der Waals surface area contributed by atoms with Crippen LogP contribution in [0.4, 0.5) is 4.79 Å². The van der Waals surface area contributed by atoms with Gasteiger partial charge in [0.05, 0.1) is 36.7 Å². The molecule has 3 aromatic rings. The van der Waals surface area contributed by atoms with Crippen molar-refractivity contribution in [2.75, 3.05) is 20.3 Å². The van der Waals surface area contributed by atoms with Gasteiger partial charge in [0.1, 0.15) is 35.2 Å². The van der Waals surface area contributed by atoms with Crippen LogP contribution in [0.3, 0.4) is 0 Å². The number of allylic oxidation sites excluding steroid dienone is 2. The Bertz CT molecular complexity index is 2310. The minimum absolute atomic E-state index is 0.00678. The molecule has 60 heavy (non-hydrogen) atoms. The van der Waals surface area contributed by atoms with Gasteiger partial charge in [0.25, 0.3) is 5.91 Å². The molecule has 1 saturated heterocycles. The molecule has 3 aliphatic heterocycles. The van der Waals surface area contributed by atoms with Crippen LogP contribution < -0.4 is 24.8 Å². The van der Waals surface area contributed by atoms with E-state index in [0.717, 1.165) is 36.8 Å². The number of ether oxygens (including phenoxy) is 3. The van der Waals surface area contributed by atoms with E-state index in [4.69, 9.17) is 19.2 Å². The summed E-state index contributed by atoms with van der Waals surface area (Å²) in [6, 6.07) is 13.3. The van der Waals surface area contributed by atoms with Gasteiger partial charge in [-0.25, -0.2) is 18.2 Å². The molecule has 3 N–H and O–H groups in total. The highest BCUT2D eigenvalue weighted by molar-refractivity contribution is 7.91. The summed E-state index contributed by atoms with van der Waals surface area (Å²) in [6.07, 6.45) is 12.3. The zero-order chi connectivity index (χ0) is 42.0. The van der Waals surface area contributed by atoms with Crippen molar-refractivity contribution in [3.63, 3.8) is 0 Å². The number of rotatable bonds is 5. The summed E-state index contributed by atoms with van der Waals surface area (Å²) in [6.45, 7) is 2.14. The number of fused-ring (bicyclic) bond motifs is 4.